The lowest BCUT2D eigenvalue weighted by atomic mass is 9.89. The Morgan fingerprint density at radius 2 is 1.93 bits per heavy atom. The fourth-order valence-corrected chi connectivity index (χ4v) is 4.01. The van der Waals surface area contributed by atoms with Crippen molar-refractivity contribution in [2.45, 2.75) is 57.7 Å². The quantitative estimate of drug-likeness (QED) is 0.737. The molecule has 0 radical (unpaired) electrons. The molecule has 150 valence electrons. The van der Waals surface area contributed by atoms with Crippen LogP contribution in [0.1, 0.15) is 55.2 Å². The molecule has 6 nitrogen and oxygen atoms in total. The second-order valence-corrected chi connectivity index (χ2v) is 8.62. The molecule has 1 aliphatic rings. The smallest absolute Gasteiger partial charge is 0.238 e. The topological polar surface area (TPSA) is 84.2 Å². The molecule has 1 heterocycles. The Labute approximate surface area is 169 Å². The molecule has 0 saturated heterocycles. The van der Waals surface area contributed by atoms with Gasteiger partial charge in [-0.2, -0.15) is 0 Å². The molecule has 0 aliphatic heterocycles. The summed E-state index contributed by atoms with van der Waals surface area (Å²) in [6.45, 7) is 5.53. The standard InChI is InChI=1S/C21H27N3O3S/c1-13-10-19(24-27-13)23-21(26)15(3)28-12-20(25)22-14(2)17-9-8-16-6-4-5-7-18(16)11-17/h8-11,14-15H,4-7,12H2,1-3H3,(H,22,25)(H,23,24,26). The predicted octanol–water partition coefficient (Wildman–Crippen LogP) is 3.80. The normalized spacial score (nSPS) is 15.4. The molecule has 1 aliphatic carbocycles. The van der Waals surface area contributed by atoms with E-state index in [0.29, 0.717) is 11.6 Å². The maximum atomic E-state index is 12.3. The first-order valence-electron chi connectivity index (χ1n) is 9.69. The first-order valence-corrected chi connectivity index (χ1v) is 10.7. The number of anilines is 1. The zero-order valence-corrected chi connectivity index (χ0v) is 17.4. The summed E-state index contributed by atoms with van der Waals surface area (Å²) in [7, 11) is 0. The lowest BCUT2D eigenvalue weighted by Gasteiger charge is -2.20. The number of fused-ring (bicyclic) bond motifs is 1. The van der Waals surface area contributed by atoms with Crippen LogP contribution in [-0.4, -0.2) is 28.0 Å². The van der Waals surface area contributed by atoms with Crippen molar-refractivity contribution in [3.8, 4) is 0 Å². The largest absolute Gasteiger partial charge is 0.360 e. The van der Waals surface area contributed by atoms with Gasteiger partial charge in [0.05, 0.1) is 17.0 Å². The van der Waals surface area contributed by atoms with E-state index in [2.05, 4.69) is 34.0 Å². The van der Waals surface area contributed by atoms with Crippen LogP contribution in [0.25, 0.3) is 0 Å². The molecule has 2 unspecified atom stereocenters. The van der Waals surface area contributed by atoms with Crippen LogP contribution in [0.5, 0.6) is 0 Å². The van der Waals surface area contributed by atoms with Crippen molar-refractivity contribution in [3.05, 3.63) is 46.7 Å². The Morgan fingerprint density at radius 1 is 1.18 bits per heavy atom. The number of carbonyl (C=O) groups is 2. The number of benzene rings is 1. The van der Waals surface area contributed by atoms with Crippen molar-refractivity contribution < 1.29 is 14.1 Å². The summed E-state index contributed by atoms with van der Waals surface area (Å²) in [4.78, 5) is 24.5. The maximum Gasteiger partial charge on any atom is 0.238 e. The zero-order chi connectivity index (χ0) is 20.1. The molecule has 3 rings (SSSR count). The summed E-state index contributed by atoms with van der Waals surface area (Å²) < 4.78 is 4.93. The predicted molar refractivity (Wildman–Crippen MR) is 111 cm³/mol. The van der Waals surface area contributed by atoms with E-state index >= 15 is 0 Å². The number of amides is 2. The van der Waals surface area contributed by atoms with Crippen molar-refractivity contribution >= 4 is 29.4 Å². The highest BCUT2D eigenvalue weighted by Crippen LogP contribution is 2.25. The lowest BCUT2D eigenvalue weighted by Crippen LogP contribution is -2.30. The van der Waals surface area contributed by atoms with Crippen LogP contribution in [0.2, 0.25) is 0 Å². The molecule has 7 heteroatoms. The van der Waals surface area contributed by atoms with E-state index in [1.165, 1.54) is 35.7 Å². The molecule has 2 aromatic rings. The highest BCUT2D eigenvalue weighted by molar-refractivity contribution is 8.01. The average molecular weight is 402 g/mol. The van der Waals surface area contributed by atoms with Gasteiger partial charge in [-0.15, -0.1) is 11.8 Å². The van der Waals surface area contributed by atoms with Gasteiger partial charge in [0.25, 0.3) is 0 Å². The SMILES string of the molecule is Cc1cc(NC(=O)C(C)SCC(=O)NC(C)c2ccc3c(c2)CCCC3)no1. The van der Waals surface area contributed by atoms with E-state index in [1.54, 1.807) is 19.9 Å². The summed E-state index contributed by atoms with van der Waals surface area (Å²) in [5.41, 5.74) is 3.98. The van der Waals surface area contributed by atoms with Gasteiger partial charge in [-0.1, -0.05) is 23.4 Å². The van der Waals surface area contributed by atoms with Gasteiger partial charge in [0.1, 0.15) is 5.76 Å². The van der Waals surface area contributed by atoms with Crippen LogP contribution in [0.4, 0.5) is 5.82 Å². The van der Waals surface area contributed by atoms with Gasteiger partial charge in [0.15, 0.2) is 5.82 Å². The molecule has 0 spiro atoms. The molecule has 28 heavy (non-hydrogen) atoms. The summed E-state index contributed by atoms with van der Waals surface area (Å²) in [6, 6.07) is 8.13. The fourth-order valence-electron chi connectivity index (χ4n) is 3.32. The second kappa shape index (κ2) is 9.28. The molecule has 2 atom stereocenters. The minimum absolute atomic E-state index is 0.0532. The van der Waals surface area contributed by atoms with E-state index < -0.39 is 0 Å². The van der Waals surface area contributed by atoms with Crippen molar-refractivity contribution in [3.63, 3.8) is 0 Å². The van der Waals surface area contributed by atoms with Crippen LogP contribution < -0.4 is 10.6 Å². The van der Waals surface area contributed by atoms with Gasteiger partial charge < -0.3 is 15.2 Å². The third-order valence-corrected chi connectivity index (χ3v) is 6.11. The van der Waals surface area contributed by atoms with E-state index in [0.717, 1.165) is 18.4 Å². The monoisotopic (exact) mass is 401 g/mol. The van der Waals surface area contributed by atoms with Gasteiger partial charge in [0.2, 0.25) is 11.8 Å². The summed E-state index contributed by atoms with van der Waals surface area (Å²) in [5.74, 6) is 0.967. The Balaban J connectivity index is 1.46. The van der Waals surface area contributed by atoms with Gasteiger partial charge in [-0.3, -0.25) is 9.59 Å². The molecule has 2 amide bonds. The Bertz CT molecular complexity index is 849. The van der Waals surface area contributed by atoms with Crippen molar-refractivity contribution in [1.29, 1.82) is 0 Å². The molecule has 1 aromatic carbocycles. The van der Waals surface area contributed by atoms with Crippen molar-refractivity contribution in [1.82, 2.24) is 10.5 Å². The Kier molecular flexibility index (Phi) is 6.78. The van der Waals surface area contributed by atoms with Crippen LogP contribution >= 0.6 is 11.8 Å². The first kappa shape index (κ1) is 20.5. The van der Waals surface area contributed by atoms with Crippen molar-refractivity contribution in [2.24, 2.45) is 0 Å². The summed E-state index contributed by atoms with van der Waals surface area (Å²) in [6.07, 6.45) is 4.78. The number of carbonyl (C=O) groups excluding carboxylic acids is 2. The van der Waals surface area contributed by atoms with E-state index in [4.69, 9.17) is 4.52 Å². The van der Waals surface area contributed by atoms with E-state index in [9.17, 15) is 9.59 Å². The molecule has 0 bridgehead atoms. The number of thioether (sulfide) groups is 1. The van der Waals surface area contributed by atoms with Crippen LogP contribution in [0.15, 0.2) is 28.8 Å². The first-order chi connectivity index (χ1) is 13.4. The fraction of sp³-hybridized carbons (Fsp3) is 0.476. The number of hydrogen-bond acceptors (Lipinski definition) is 5. The highest BCUT2D eigenvalue weighted by atomic mass is 32.2. The number of rotatable bonds is 7. The zero-order valence-electron chi connectivity index (χ0n) is 16.6. The lowest BCUT2D eigenvalue weighted by molar-refractivity contribution is -0.119. The van der Waals surface area contributed by atoms with Crippen LogP contribution in [0.3, 0.4) is 0 Å². The van der Waals surface area contributed by atoms with Gasteiger partial charge in [0, 0.05) is 6.07 Å². The summed E-state index contributed by atoms with van der Waals surface area (Å²) in [5, 5.41) is 9.09. The third kappa shape index (κ3) is 5.38. The second-order valence-electron chi connectivity index (χ2n) is 7.29. The number of nitrogens with zero attached hydrogens (tertiary/aromatic N) is 1. The molecular formula is C21H27N3O3S. The Morgan fingerprint density at radius 3 is 2.64 bits per heavy atom. The number of aryl methyl sites for hydroxylation is 3. The van der Waals surface area contributed by atoms with Gasteiger partial charge >= 0.3 is 0 Å². The van der Waals surface area contributed by atoms with E-state index in [1.807, 2.05) is 6.92 Å². The highest BCUT2D eigenvalue weighted by Gasteiger charge is 2.18. The van der Waals surface area contributed by atoms with Gasteiger partial charge in [-0.05, 0) is 63.1 Å². The minimum atomic E-state index is -0.373. The maximum absolute atomic E-state index is 12.3. The van der Waals surface area contributed by atoms with Crippen LogP contribution in [-0.2, 0) is 22.4 Å². The minimum Gasteiger partial charge on any atom is -0.360 e. The van der Waals surface area contributed by atoms with E-state index in [-0.39, 0.29) is 28.9 Å². The van der Waals surface area contributed by atoms with Crippen LogP contribution in [0, 0.1) is 6.92 Å². The van der Waals surface area contributed by atoms with Gasteiger partial charge in [-0.25, -0.2) is 0 Å². The third-order valence-electron chi connectivity index (χ3n) is 4.96. The number of nitrogens with one attached hydrogen (secondary N) is 2. The average Bonchev–Trinajstić information content (AvgIpc) is 3.10. The number of aromatic nitrogens is 1. The Hall–Kier alpha value is -2.28. The molecule has 0 fully saturated rings. The molecule has 2 N–H and O–H groups in total. The molecular weight excluding hydrogens is 374 g/mol. The van der Waals surface area contributed by atoms with Crippen molar-refractivity contribution in [2.75, 3.05) is 11.1 Å². The molecule has 0 saturated carbocycles. The number of hydrogen-bond donors (Lipinski definition) is 2. The molecule has 1 aromatic heterocycles. The summed E-state index contributed by atoms with van der Waals surface area (Å²) >= 11 is 1.30.